The Hall–Kier alpha value is -2.27. The molecule has 4 rings (SSSR count). The summed E-state index contributed by atoms with van der Waals surface area (Å²) < 4.78 is 2.17. The van der Waals surface area contributed by atoms with Gasteiger partial charge in [0, 0.05) is 43.4 Å². The number of benzene rings is 1. The molecule has 2 aliphatic rings. The molecule has 0 bridgehead atoms. The van der Waals surface area contributed by atoms with Crippen LogP contribution in [0.1, 0.15) is 44.3 Å². The predicted molar refractivity (Wildman–Crippen MR) is 115 cm³/mol. The number of likely N-dealkylation sites (tertiary alicyclic amines) is 1. The van der Waals surface area contributed by atoms with Gasteiger partial charge in [0.05, 0.1) is 12.6 Å². The van der Waals surface area contributed by atoms with Crippen molar-refractivity contribution < 1.29 is 4.79 Å². The minimum Gasteiger partial charge on any atom is -0.372 e. The summed E-state index contributed by atoms with van der Waals surface area (Å²) in [5.74, 6) is 0.903. The topological polar surface area (TPSA) is 40.5 Å². The molecule has 3 heterocycles. The van der Waals surface area contributed by atoms with Crippen molar-refractivity contribution in [2.45, 2.75) is 38.6 Å². The SMILES string of the molecule is CC1CCN(c2ccc(NC(=O)CN3CCC[C@H]3c3cccn3C)cc2)CC1. The minimum atomic E-state index is 0.0701. The lowest BCUT2D eigenvalue weighted by molar-refractivity contribution is -0.117. The van der Waals surface area contributed by atoms with Gasteiger partial charge >= 0.3 is 0 Å². The quantitative estimate of drug-likeness (QED) is 0.851. The lowest BCUT2D eigenvalue weighted by Crippen LogP contribution is -2.33. The van der Waals surface area contributed by atoms with Crippen LogP contribution < -0.4 is 10.2 Å². The highest BCUT2D eigenvalue weighted by Gasteiger charge is 2.29. The number of aryl methyl sites for hydroxylation is 1. The van der Waals surface area contributed by atoms with Crippen molar-refractivity contribution in [3.05, 3.63) is 48.3 Å². The largest absolute Gasteiger partial charge is 0.372 e. The summed E-state index contributed by atoms with van der Waals surface area (Å²) in [4.78, 5) is 17.4. The van der Waals surface area contributed by atoms with Crippen molar-refractivity contribution in [3.8, 4) is 0 Å². The second kappa shape index (κ2) is 8.39. The van der Waals surface area contributed by atoms with Crippen molar-refractivity contribution in [3.63, 3.8) is 0 Å². The van der Waals surface area contributed by atoms with Gasteiger partial charge in [-0.2, -0.15) is 0 Å². The lowest BCUT2D eigenvalue weighted by atomic mass is 9.99. The Morgan fingerprint density at radius 2 is 1.82 bits per heavy atom. The number of piperidine rings is 1. The zero-order valence-electron chi connectivity index (χ0n) is 17.1. The number of nitrogens with one attached hydrogen (secondary N) is 1. The molecule has 1 atom stereocenters. The molecule has 1 N–H and O–H groups in total. The zero-order chi connectivity index (χ0) is 19.5. The van der Waals surface area contributed by atoms with Crippen LogP contribution in [0.15, 0.2) is 42.6 Å². The third-order valence-corrected chi connectivity index (χ3v) is 6.34. The van der Waals surface area contributed by atoms with E-state index in [0.29, 0.717) is 12.6 Å². The number of rotatable bonds is 5. The Kier molecular flexibility index (Phi) is 5.72. The van der Waals surface area contributed by atoms with Crippen LogP contribution in [0, 0.1) is 5.92 Å². The normalized spacial score (nSPS) is 21.2. The maximum Gasteiger partial charge on any atom is 0.238 e. The van der Waals surface area contributed by atoms with Gasteiger partial charge in [0.2, 0.25) is 5.91 Å². The van der Waals surface area contributed by atoms with Crippen LogP contribution in [0.25, 0.3) is 0 Å². The summed E-state index contributed by atoms with van der Waals surface area (Å²) in [5, 5.41) is 3.08. The maximum absolute atomic E-state index is 12.6. The van der Waals surface area contributed by atoms with E-state index < -0.39 is 0 Å². The molecule has 2 aromatic rings. The molecule has 0 spiro atoms. The van der Waals surface area contributed by atoms with Gasteiger partial charge < -0.3 is 14.8 Å². The molecule has 5 nitrogen and oxygen atoms in total. The molecule has 150 valence electrons. The molecule has 0 aliphatic carbocycles. The first kappa shape index (κ1) is 19.1. The molecule has 2 aliphatic heterocycles. The smallest absolute Gasteiger partial charge is 0.238 e. The van der Waals surface area contributed by atoms with Gasteiger partial charge in [-0.1, -0.05) is 6.92 Å². The van der Waals surface area contributed by atoms with Crippen LogP contribution >= 0.6 is 0 Å². The summed E-state index contributed by atoms with van der Waals surface area (Å²) in [7, 11) is 2.08. The van der Waals surface area contributed by atoms with Crippen LogP contribution in [-0.4, -0.2) is 41.6 Å². The monoisotopic (exact) mass is 380 g/mol. The Labute approximate surface area is 168 Å². The summed E-state index contributed by atoms with van der Waals surface area (Å²) in [6.07, 6.45) is 6.87. The van der Waals surface area contributed by atoms with Gasteiger partial charge in [-0.3, -0.25) is 9.69 Å². The highest BCUT2D eigenvalue weighted by molar-refractivity contribution is 5.92. The Balaban J connectivity index is 1.33. The van der Waals surface area contributed by atoms with Gasteiger partial charge in [0.25, 0.3) is 0 Å². The van der Waals surface area contributed by atoms with Gasteiger partial charge in [0.1, 0.15) is 0 Å². The van der Waals surface area contributed by atoms with E-state index in [1.165, 1.54) is 24.2 Å². The summed E-state index contributed by atoms with van der Waals surface area (Å²) in [6.45, 7) is 6.01. The summed E-state index contributed by atoms with van der Waals surface area (Å²) in [6, 6.07) is 12.9. The van der Waals surface area contributed by atoms with Crippen molar-refractivity contribution in [1.82, 2.24) is 9.47 Å². The molecule has 0 radical (unpaired) electrons. The average Bonchev–Trinajstić information content (AvgIpc) is 3.31. The number of carbonyl (C=O) groups is 1. The first-order chi connectivity index (χ1) is 13.6. The van der Waals surface area contributed by atoms with E-state index in [1.807, 2.05) is 12.1 Å². The Morgan fingerprint density at radius 1 is 1.07 bits per heavy atom. The molecular formula is C23H32N4O. The van der Waals surface area contributed by atoms with Crippen molar-refractivity contribution >= 4 is 17.3 Å². The van der Waals surface area contributed by atoms with Crippen LogP contribution in [0.2, 0.25) is 0 Å². The molecule has 2 fully saturated rings. The fraction of sp³-hybridized carbons (Fsp3) is 0.522. The van der Waals surface area contributed by atoms with Gasteiger partial charge in [0.15, 0.2) is 0 Å². The first-order valence-corrected chi connectivity index (χ1v) is 10.6. The third-order valence-electron chi connectivity index (χ3n) is 6.34. The Bertz CT molecular complexity index is 789. The molecule has 5 heteroatoms. The van der Waals surface area contributed by atoms with Crippen molar-refractivity contribution in [1.29, 1.82) is 0 Å². The fourth-order valence-corrected chi connectivity index (χ4v) is 4.58. The zero-order valence-corrected chi connectivity index (χ0v) is 17.1. The van der Waals surface area contributed by atoms with E-state index in [1.54, 1.807) is 0 Å². The molecule has 1 aromatic carbocycles. The van der Waals surface area contributed by atoms with Crippen LogP contribution in [0.5, 0.6) is 0 Å². The van der Waals surface area contributed by atoms with Gasteiger partial charge in [-0.15, -0.1) is 0 Å². The molecule has 2 saturated heterocycles. The van der Waals surface area contributed by atoms with E-state index in [-0.39, 0.29) is 5.91 Å². The summed E-state index contributed by atoms with van der Waals surface area (Å²) >= 11 is 0. The lowest BCUT2D eigenvalue weighted by Gasteiger charge is -2.32. The van der Waals surface area contributed by atoms with Gasteiger partial charge in [-0.05, 0) is 74.5 Å². The second-order valence-corrected chi connectivity index (χ2v) is 8.44. The second-order valence-electron chi connectivity index (χ2n) is 8.44. The van der Waals surface area contributed by atoms with Crippen LogP contribution in [0.3, 0.4) is 0 Å². The number of nitrogens with zero attached hydrogens (tertiary/aromatic N) is 3. The van der Waals surface area contributed by atoms with Gasteiger partial charge in [-0.25, -0.2) is 0 Å². The maximum atomic E-state index is 12.6. The first-order valence-electron chi connectivity index (χ1n) is 10.6. The van der Waals surface area contributed by atoms with Crippen molar-refractivity contribution in [2.75, 3.05) is 36.4 Å². The molecule has 28 heavy (non-hydrogen) atoms. The fourth-order valence-electron chi connectivity index (χ4n) is 4.58. The standard InChI is InChI=1S/C23H32N4O/c1-18-11-15-26(16-12-18)20-9-7-19(8-10-20)24-23(28)17-27-14-4-6-22(27)21-5-3-13-25(21)2/h3,5,7-10,13,18,22H,4,6,11-12,14-17H2,1-2H3,(H,24,28)/t22-/m0/s1. The van der Waals surface area contributed by atoms with E-state index in [4.69, 9.17) is 0 Å². The molecular weight excluding hydrogens is 348 g/mol. The number of anilines is 2. The molecule has 1 amide bonds. The predicted octanol–water partition coefficient (Wildman–Crippen LogP) is 4.04. The number of carbonyl (C=O) groups excluding carboxylic acids is 1. The van der Waals surface area contributed by atoms with Crippen LogP contribution in [0.4, 0.5) is 11.4 Å². The molecule has 1 aromatic heterocycles. The number of hydrogen-bond donors (Lipinski definition) is 1. The number of hydrogen-bond acceptors (Lipinski definition) is 3. The molecule has 0 unspecified atom stereocenters. The van der Waals surface area contributed by atoms with E-state index in [0.717, 1.165) is 44.1 Å². The van der Waals surface area contributed by atoms with Crippen molar-refractivity contribution in [2.24, 2.45) is 13.0 Å². The third kappa shape index (κ3) is 4.25. The number of amides is 1. The highest BCUT2D eigenvalue weighted by atomic mass is 16.2. The average molecular weight is 381 g/mol. The Morgan fingerprint density at radius 3 is 2.50 bits per heavy atom. The van der Waals surface area contributed by atoms with Crippen LogP contribution in [-0.2, 0) is 11.8 Å². The summed E-state index contributed by atoms with van der Waals surface area (Å²) in [5.41, 5.74) is 3.44. The van der Waals surface area contributed by atoms with E-state index in [9.17, 15) is 4.79 Å². The minimum absolute atomic E-state index is 0.0701. The molecule has 0 saturated carbocycles. The highest BCUT2D eigenvalue weighted by Crippen LogP contribution is 2.31. The van der Waals surface area contributed by atoms with E-state index in [2.05, 4.69) is 64.1 Å². The van der Waals surface area contributed by atoms with E-state index >= 15 is 0 Å². The number of aromatic nitrogens is 1.